The Morgan fingerprint density at radius 1 is 1.14 bits per heavy atom. The van der Waals surface area contributed by atoms with Gasteiger partial charge < -0.3 is 15.5 Å². The largest absolute Gasteiger partial charge is 0.335 e. The molecule has 28 heavy (non-hydrogen) atoms. The number of hydrogen-bond acceptors (Lipinski definition) is 4. The Kier molecular flexibility index (Phi) is 5.68. The van der Waals surface area contributed by atoms with E-state index in [1.807, 2.05) is 0 Å². The Balaban J connectivity index is 1.34. The summed E-state index contributed by atoms with van der Waals surface area (Å²) in [6, 6.07) is 6.93. The normalized spacial score (nSPS) is 16.5. The molecule has 1 aromatic heterocycles. The first-order chi connectivity index (χ1) is 13.6. The van der Waals surface area contributed by atoms with E-state index in [0.717, 1.165) is 23.4 Å². The number of carbonyl (C=O) groups excluding carboxylic acids is 2. The molecule has 7 nitrogen and oxygen atoms in total. The Morgan fingerprint density at radius 3 is 2.64 bits per heavy atom. The molecule has 148 valence electrons. The minimum absolute atomic E-state index is 0.158. The Bertz CT molecular complexity index is 864. The molecule has 2 heterocycles. The average molecular weight is 420 g/mol. The second kappa shape index (κ2) is 8.36. The molecule has 1 saturated carbocycles. The summed E-state index contributed by atoms with van der Waals surface area (Å²) in [4.78, 5) is 31.9. The molecule has 1 aliphatic carbocycles. The number of carbonyl (C=O) groups is 2. The Hall–Kier alpha value is -2.32. The van der Waals surface area contributed by atoms with Crippen molar-refractivity contribution in [3.05, 3.63) is 39.9 Å². The summed E-state index contributed by atoms with van der Waals surface area (Å²) in [5.41, 5.74) is 1.66. The molecule has 1 fully saturated rings. The van der Waals surface area contributed by atoms with Crippen LogP contribution >= 0.6 is 22.9 Å². The van der Waals surface area contributed by atoms with Gasteiger partial charge in [-0.15, -0.1) is 0 Å². The Labute approximate surface area is 172 Å². The molecule has 0 unspecified atom stereocenters. The summed E-state index contributed by atoms with van der Waals surface area (Å²) >= 11 is 7.30. The van der Waals surface area contributed by atoms with Crippen LogP contribution in [-0.2, 0) is 13.0 Å². The van der Waals surface area contributed by atoms with E-state index in [2.05, 4.69) is 20.9 Å². The van der Waals surface area contributed by atoms with Crippen molar-refractivity contribution in [1.29, 1.82) is 0 Å². The van der Waals surface area contributed by atoms with Crippen LogP contribution in [0.2, 0.25) is 5.02 Å². The van der Waals surface area contributed by atoms with Gasteiger partial charge in [-0.1, -0.05) is 35.8 Å². The molecular weight excluding hydrogens is 398 g/mol. The Morgan fingerprint density at radius 2 is 1.89 bits per heavy atom. The first-order valence-corrected chi connectivity index (χ1v) is 10.6. The molecule has 1 aliphatic heterocycles. The van der Waals surface area contributed by atoms with Gasteiger partial charge in [0.15, 0.2) is 5.13 Å². The maximum absolute atomic E-state index is 12.5. The number of benzene rings is 1. The van der Waals surface area contributed by atoms with E-state index in [1.54, 1.807) is 29.2 Å². The zero-order valence-electron chi connectivity index (χ0n) is 15.3. The number of hydrogen-bond donors (Lipinski definition) is 3. The van der Waals surface area contributed by atoms with E-state index in [1.165, 1.54) is 24.2 Å². The highest BCUT2D eigenvalue weighted by molar-refractivity contribution is 7.15. The third-order valence-electron chi connectivity index (χ3n) is 5.02. The molecule has 3 N–H and O–H groups in total. The van der Waals surface area contributed by atoms with E-state index in [-0.39, 0.29) is 18.1 Å². The summed E-state index contributed by atoms with van der Waals surface area (Å²) < 4.78 is 0. The molecule has 2 aliphatic rings. The molecule has 0 atom stereocenters. The zero-order valence-corrected chi connectivity index (χ0v) is 16.9. The first kappa shape index (κ1) is 19.0. The first-order valence-electron chi connectivity index (χ1n) is 9.44. The highest BCUT2D eigenvalue weighted by Gasteiger charge is 2.25. The number of nitrogens with zero attached hydrogens (tertiary/aromatic N) is 2. The van der Waals surface area contributed by atoms with E-state index in [0.29, 0.717) is 35.4 Å². The summed E-state index contributed by atoms with van der Waals surface area (Å²) in [6.07, 6.45) is 5.10. The fourth-order valence-electron chi connectivity index (χ4n) is 3.55. The average Bonchev–Trinajstić information content (AvgIpc) is 3.31. The fraction of sp³-hybridized carbons (Fsp3) is 0.421. The van der Waals surface area contributed by atoms with Crippen LogP contribution < -0.4 is 16.0 Å². The van der Waals surface area contributed by atoms with Gasteiger partial charge >= 0.3 is 12.1 Å². The van der Waals surface area contributed by atoms with Crippen molar-refractivity contribution in [3.63, 3.8) is 0 Å². The molecule has 0 saturated heterocycles. The lowest BCUT2D eigenvalue weighted by Gasteiger charge is -2.26. The number of rotatable bonds is 3. The van der Waals surface area contributed by atoms with Crippen LogP contribution in [0.5, 0.6) is 0 Å². The van der Waals surface area contributed by atoms with E-state index in [9.17, 15) is 9.59 Å². The van der Waals surface area contributed by atoms with E-state index >= 15 is 0 Å². The minimum Gasteiger partial charge on any atom is -0.335 e. The predicted molar refractivity (Wildman–Crippen MR) is 111 cm³/mol. The predicted octanol–water partition coefficient (Wildman–Crippen LogP) is 4.45. The summed E-state index contributed by atoms with van der Waals surface area (Å²) in [7, 11) is 0. The fourth-order valence-corrected chi connectivity index (χ4v) is 4.69. The van der Waals surface area contributed by atoms with Crippen LogP contribution in [-0.4, -0.2) is 34.5 Å². The van der Waals surface area contributed by atoms with Crippen molar-refractivity contribution in [1.82, 2.24) is 15.2 Å². The van der Waals surface area contributed by atoms with Gasteiger partial charge in [-0.25, -0.2) is 14.6 Å². The van der Waals surface area contributed by atoms with Gasteiger partial charge in [0, 0.05) is 34.6 Å². The molecule has 0 radical (unpaired) electrons. The van der Waals surface area contributed by atoms with Gasteiger partial charge in [0.05, 0.1) is 12.2 Å². The number of halogens is 1. The number of urea groups is 2. The topological polar surface area (TPSA) is 86.4 Å². The zero-order chi connectivity index (χ0) is 19.5. The maximum atomic E-state index is 12.5. The highest BCUT2D eigenvalue weighted by Crippen LogP contribution is 2.29. The standard InChI is InChI=1S/C19H22ClN5O2S/c20-12-5-7-14(8-6-12)22-19(27)25-10-9-15-16(11-25)28-18(23-15)24-17(26)21-13-3-1-2-4-13/h5-8,13H,1-4,9-11H2,(H,22,27)(H2,21,23,24,26). The molecule has 1 aromatic carbocycles. The van der Waals surface area contributed by atoms with Gasteiger partial charge in [-0.05, 0) is 37.1 Å². The van der Waals surface area contributed by atoms with Crippen molar-refractivity contribution >= 4 is 45.8 Å². The third-order valence-corrected chi connectivity index (χ3v) is 6.27. The number of fused-ring (bicyclic) bond motifs is 1. The lowest BCUT2D eigenvalue weighted by Crippen LogP contribution is -2.38. The monoisotopic (exact) mass is 419 g/mol. The minimum atomic E-state index is -0.199. The number of aromatic nitrogens is 1. The SMILES string of the molecule is O=C(Nc1nc2c(s1)CN(C(=O)Nc1ccc(Cl)cc1)CC2)NC1CCCC1. The van der Waals surface area contributed by atoms with Gasteiger partial charge in [-0.2, -0.15) is 0 Å². The van der Waals surface area contributed by atoms with Crippen LogP contribution in [0.1, 0.15) is 36.3 Å². The number of thiazole rings is 1. The smallest absolute Gasteiger partial charge is 0.322 e. The summed E-state index contributed by atoms with van der Waals surface area (Å²) in [5, 5.41) is 9.93. The third kappa shape index (κ3) is 4.56. The van der Waals surface area contributed by atoms with E-state index in [4.69, 9.17) is 11.6 Å². The molecule has 2 aromatic rings. The lowest BCUT2D eigenvalue weighted by atomic mass is 10.2. The van der Waals surface area contributed by atoms with Gasteiger partial charge in [0.2, 0.25) is 0 Å². The number of anilines is 2. The number of amides is 4. The van der Waals surface area contributed by atoms with Crippen LogP contribution in [0.25, 0.3) is 0 Å². The number of nitrogens with one attached hydrogen (secondary N) is 3. The molecule has 0 bridgehead atoms. The molecule has 0 spiro atoms. The second-order valence-electron chi connectivity index (χ2n) is 7.08. The lowest BCUT2D eigenvalue weighted by molar-refractivity contribution is 0.207. The molecule has 4 amide bonds. The summed E-state index contributed by atoms with van der Waals surface area (Å²) in [5.74, 6) is 0. The highest BCUT2D eigenvalue weighted by atomic mass is 35.5. The quantitative estimate of drug-likeness (QED) is 0.686. The van der Waals surface area contributed by atoms with Crippen molar-refractivity contribution < 1.29 is 9.59 Å². The van der Waals surface area contributed by atoms with Gasteiger partial charge in [0.25, 0.3) is 0 Å². The van der Waals surface area contributed by atoms with Crippen LogP contribution in [0.15, 0.2) is 24.3 Å². The second-order valence-corrected chi connectivity index (χ2v) is 8.60. The molecule has 4 rings (SSSR count). The van der Waals surface area contributed by atoms with Crippen molar-refractivity contribution in [2.75, 3.05) is 17.2 Å². The van der Waals surface area contributed by atoms with Crippen molar-refractivity contribution in [2.24, 2.45) is 0 Å². The van der Waals surface area contributed by atoms with E-state index < -0.39 is 0 Å². The maximum Gasteiger partial charge on any atom is 0.322 e. The molecular formula is C19H22ClN5O2S. The van der Waals surface area contributed by atoms with Crippen LogP contribution in [0, 0.1) is 0 Å². The molecule has 9 heteroatoms. The van der Waals surface area contributed by atoms with Gasteiger partial charge in [-0.3, -0.25) is 5.32 Å². The van der Waals surface area contributed by atoms with Gasteiger partial charge in [0.1, 0.15) is 0 Å². The van der Waals surface area contributed by atoms with Crippen LogP contribution in [0.4, 0.5) is 20.4 Å². The summed E-state index contributed by atoms with van der Waals surface area (Å²) in [6.45, 7) is 1.07. The van der Waals surface area contributed by atoms with Crippen LogP contribution in [0.3, 0.4) is 0 Å². The van der Waals surface area contributed by atoms with Crippen molar-refractivity contribution in [3.8, 4) is 0 Å². The van der Waals surface area contributed by atoms with Crippen molar-refractivity contribution in [2.45, 2.75) is 44.7 Å².